The second-order valence-corrected chi connectivity index (χ2v) is 5.67. The first kappa shape index (κ1) is 17.3. The quantitative estimate of drug-likeness (QED) is 0.389. The number of rotatable bonds is 6. The van der Waals surface area contributed by atoms with Crippen molar-refractivity contribution in [1.29, 1.82) is 0 Å². The van der Waals surface area contributed by atoms with Gasteiger partial charge >= 0.3 is 0 Å². The number of nitro groups is 1. The van der Waals surface area contributed by atoms with E-state index in [2.05, 4.69) is 25.7 Å². The summed E-state index contributed by atoms with van der Waals surface area (Å²) in [5.74, 6) is 0.0521. The molecule has 134 valence electrons. The number of hydrogen-bond donors (Lipinski definition) is 2. The number of carbonyl (C=O) groups is 1. The molecule has 1 aromatic carbocycles. The first-order chi connectivity index (χ1) is 12.4. The van der Waals surface area contributed by atoms with Gasteiger partial charge in [0.25, 0.3) is 17.4 Å². The molecule has 0 fully saturated rings. The van der Waals surface area contributed by atoms with Gasteiger partial charge in [0.1, 0.15) is 0 Å². The molecule has 10 heteroatoms. The van der Waals surface area contributed by atoms with Crippen molar-refractivity contribution in [2.45, 2.75) is 13.8 Å². The second-order valence-electron chi connectivity index (χ2n) is 5.67. The van der Waals surface area contributed by atoms with Gasteiger partial charge in [0.05, 0.1) is 4.92 Å². The summed E-state index contributed by atoms with van der Waals surface area (Å²) in [6.07, 6.45) is 0. The Kier molecular flexibility index (Phi) is 4.74. The van der Waals surface area contributed by atoms with Crippen molar-refractivity contribution in [3.63, 3.8) is 0 Å². The van der Waals surface area contributed by atoms with Crippen molar-refractivity contribution in [1.82, 2.24) is 24.9 Å². The monoisotopic (exact) mass is 355 g/mol. The van der Waals surface area contributed by atoms with E-state index in [9.17, 15) is 14.9 Å². The lowest BCUT2D eigenvalue weighted by Crippen LogP contribution is -2.29. The molecule has 0 aliphatic heterocycles. The minimum atomic E-state index is -0.454. The molecule has 0 spiro atoms. The Morgan fingerprint density at radius 1 is 1.19 bits per heavy atom. The molecule has 0 bridgehead atoms. The molecule has 0 saturated carbocycles. The zero-order valence-corrected chi connectivity index (χ0v) is 14.3. The first-order valence-electron chi connectivity index (χ1n) is 7.91. The maximum absolute atomic E-state index is 12.2. The number of aromatic nitrogens is 4. The molecule has 10 nitrogen and oxygen atoms in total. The number of amides is 1. The highest BCUT2D eigenvalue weighted by molar-refractivity contribution is 5.90. The zero-order valence-electron chi connectivity index (χ0n) is 14.3. The summed E-state index contributed by atoms with van der Waals surface area (Å²) in [5.41, 5.74) is 2.41. The van der Waals surface area contributed by atoms with E-state index in [1.807, 2.05) is 19.9 Å². The van der Waals surface area contributed by atoms with Crippen molar-refractivity contribution >= 4 is 23.1 Å². The number of carbonyl (C=O) groups excluding carboxylic acids is 1. The Hall–Kier alpha value is -3.56. The Labute approximate surface area is 148 Å². The average Bonchev–Trinajstić information content (AvgIpc) is 3.03. The molecule has 3 rings (SSSR count). The molecule has 2 N–H and O–H groups in total. The number of nitrogens with zero attached hydrogens (tertiary/aromatic N) is 5. The molecular weight excluding hydrogens is 338 g/mol. The minimum Gasteiger partial charge on any atom is -0.383 e. The van der Waals surface area contributed by atoms with Crippen LogP contribution >= 0.6 is 0 Å². The highest BCUT2D eigenvalue weighted by Gasteiger charge is 2.14. The van der Waals surface area contributed by atoms with Crippen LogP contribution in [0.2, 0.25) is 0 Å². The van der Waals surface area contributed by atoms with E-state index < -0.39 is 10.8 Å². The Morgan fingerprint density at radius 3 is 2.62 bits per heavy atom. The lowest BCUT2D eigenvalue weighted by molar-refractivity contribution is -0.384. The molecule has 3 aromatic rings. The second kappa shape index (κ2) is 7.13. The van der Waals surface area contributed by atoms with Crippen LogP contribution in [0.25, 0.3) is 5.78 Å². The third kappa shape index (κ3) is 3.74. The first-order valence-corrected chi connectivity index (χ1v) is 7.91. The van der Waals surface area contributed by atoms with E-state index in [-0.39, 0.29) is 11.5 Å². The number of aryl methyl sites for hydroxylation is 2. The van der Waals surface area contributed by atoms with Gasteiger partial charge in [0.15, 0.2) is 0 Å². The number of benzene rings is 1. The SMILES string of the molecule is Cc1cc(C)n2nc(C(=O)NCCNc3ccc([N+](=O)[O-])cc3)nc2n1. The van der Waals surface area contributed by atoms with Gasteiger partial charge in [-0.2, -0.15) is 4.98 Å². The molecule has 0 aliphatic carbocycles. The fourth-order valence-electron chi connectivity index (χ4n) is 2.43. The molecule has 0 unspecified atom stereocenters. The lowest BCUT2D eigenvalue weighted by atomic mass is 10.3. The van der Waals surface area contributed by atoms with Crippen LogP contribution in [0.5, 0.6) is 0 Å². The van der Waals surface area contributed by atoms with Gasteiger partial charge in [-0.15, -0.1) is 5.10 Å². The molecule has 2 aromatic heterocycles. The van der Waals surface area contributed by atoms with E-state index in [1.54, 1.807) is 12.1 Å². The maximum atomic E-state index is 12.2. The molecule has 26 heavy (non-hydrogen) atoms. The molecule has 0 saturated heterocycles. The molecular formula is C16H17N7O3. The van der Waals surface area contributed by atoms with E-state index in [1.165, 1.54) is 16.6 Å². The Morgan fingerprint density at radius 2 is 1.92 bits per heavy atom. The predicted molar refractivity (Wildman–Crippen MR) is 94.2 cm³/mol. The number of non-ortho nitro benzene ring substituents is 1. The fourth-order valence-corrected chi connectivity index (χ4v) is 2.43. The van der Waals surface area contributed by atoms with Gasteiger partial charge in [-0.3, -0.25) is 14.9 Å². The van der Waals surface area contributed by atoms with Crippen LogP contribution in [0.3, 0.4) is 0 Å². The van der Waals surface area contributed by atoms with E-state index >= 15 is 0 Å². The van der Waals surface area contributed by atoms with Gasteiger partial charge in [-0.05, 0) is 32.0 Å². The number of nitro benzene ring substituents is 1. The lowest BCUT2D eigenvalue weighted by Gasteiger charge is -2.06. The summed E-state index contributed by atoms with van der Waals surface area (Å²) < 4.78 is 1.52. The summed E-state index contributed by atoms with van der Waals surface area (Å²) in [6.45, 7) is 4.52. The largest absolute Gasteiger partial charge is 0.383 e. The highest BCUT2D eigenvalue weighted by Crippen LogP contribution is 2.14. The Bertz CT molecular complexity index is 966. The van der Waals surface area contributed by atoms with Gasteiger partial charge in [-0.25, -0.2) is 9.50 Å². The molecule has 1 amide bonds. The van der Waals surface area contributed by atoms with Crippen LogP contribution < -0.4 is 10.6 Å². The van der Waals surface area contributed by atoms with E-state index in [0.717, 1.165) is 17.1 Å². The van der Waals surface area contributed by atoms with Crippen molar-refractivity contribution in [3.8, 4) is 0 Å². The summed E-state index contributed by atoms with van der Waals surface area (Å²) >= 11 is 0. The van der Waals surface area contributed by atoms with Gasteiger partial charge in [0.2, 0.25) is 5.82 Å². The van der Waals surface area contributed by atoms with Gasteiger partial charge in [0, 0.05) is 42.3 Å². The van der Waals surface area contributed by atoms with Crippen LogP contribution in [-0.2, 0) is 0 Å². The number of fused-ring (bicyclic) bond motifs is 1. The van der Waals surface area contributed by atoms with Crippen LogP contribution in [0.1, 0.15) is 22.0 Å². The summed E-state index contributed by atoms with van der Waals surface area (Å²) in [7, 11) is 0. The summed E-state index contributed by atoms with van der Waals surface area (Å²) in [6, 6.07) is 7.91. The van der Waals surface area contributed by atoms with Crippen LogP contribution in [0.15, 0.2) is 30.3 Å². The molecule has 0 atom stereocenters. The van der Waals surface area contributed by atoms with Gasteiger partial charge < -0.3 is 10.6 Å². The third-order valence-electron chi connectivity index (χ3n) is 3.64. The Balaban J connectivity index is 1.54. The van der Waals surface area contributed by atoms with Crippen molar-refractivity contribution in [3.05, 3.63) is 57.7 Å². The van der Waals surface area contributed by atoms with Crippen molar-refractivity contribution in [2.75, 3.05) is 18.4 Å². The van der Waals surface area contributed by atoms with Crippen LogP contribution in [-0.4, -0.2) is 43.5 Å². The third-order valence-corrected chi connectivity index (χ3v) is 3.64. The zero-order chi connectivity index (χ0) is 18.7. The fraction of sp³-hybridized carbons (Fsp3) is 0.250. The average molecular weight is 355 g/mol. The summed E-state index contributed by atoms with van der Waals surface area (Å²) in [5, 5.41) is 20.6. The van der Waals surface area contributed by atoms with Crippen LogP contribution in [0.4, 0.5) is 11.4 Å². The normalized spacial score (nSPS) is 10.7. The van der Waals surface area contributed by atoms with Crippen LogP contribution in [0, 0.1) is 24.0 Å². The standard InChI is InChI=1S/C16H17N7O3/c1-10-9-11(2)22-16(19-10)20-14(21-22)15(24)18-8-7-17-12-3-5-13(6-4-12)23(25)26/h3-6,9,17H,7-8H2,1-2H3,(H,18,24). The van der Waals surface area contributed by atoms with E-state index in [4.69, 9.17) is 0 Å². The number of hydrogen-bond acceptors (Lipinski definition) is 7. The minimum absolute atomic E-state index is 0.0286. The predicted octanol–water partition coefficient (Wildman–Crippen LogP) is 1.49. The topological polar surface area (TPSA) is 127 Å². The maximum Gasteiger partial charge on any atom is 0.291 e. The smallest absolute Gasteiger partial charge is 0.291 e. The number of anilines is 1. The molecule has 0 aliphatic rings. The molecule has 0 radical (unpaired) electrons. The number of nitrogens with one attached hydrogen (secondary N) is 2. The highest BCUT2D eigenvalue weighted by atomic mass is 16.6. The van der Waals surface area contributed by atoms with Crippen molar-refractivity contribution in [2.24, 2.45) is 0 Å². The van der Waals surface area contributed by atoms with Gasteiger partial charge in [-0.1, -0.05) is 0 Å². The van der Waals surface area contributed by atoms with Crippen molar-refractivity contribution < 1.29 is 9.72 Å². The molecule has 2 heterocycles. The summed E-state index contributed by atoms with van der Waals surface area (Å²) in [4.78, 5) is 30.7. The van der Waals surface area contributed by atoms with E-state index in [0.29, 0.717) is 18.9 Å².